The van der Waals surface area contributed by atoms with Crippen LogP contribution in [0.15, 0.2) is 60.9 Å². The van der Waals surface area contributed by atoms with Gasteiger partial charge in [0.1, 0.15) is 23.7 Å². The number of rotatable bonds is 6. The molecule has 4 heterocycles. The Labute approximate surface area is 207 Å². The third kappa shape index (κ3) is 4.65. The molecule has 0 spiro atoms. The summed E-state index contributed by atoms with van der Waals surface area (Å²) in [5.74, 6) is 0.706. The average Bonchev–Trinajstić information content (AvgIpc) is 3.29. The third-order valence-corrected chi connectivity index (χ3v) is 5.84. The van der Waals surface area contributed by atoms with Gasteiger partial charge in [0.05, 0.1) is 16.2 Å². The Morgan fingerprint density at radius 3 is 2.66 bits per heavy atom. The second-order valence-electron chi connectivity index (χ2n) is 8.52. The van der Waals surface area contributed by atoms with Gasteiger partial charge in [0.25, 0.3) is 5.88 Å². The van der Waals surface area contributed by atoms with Crippen LogP contribution in [0, 0.1) is 0 Å². The van der Waals surface area contributed by atoms with Crippen molar-refractivity contribution in [1.29, 1.82) is 0 Å². The molecule has 9 heteroatoms. The molecule has 0 bridgehead atoms. The van der Waals surface area contributed by atoms with Crippen LogP contribution in [0.4, 0.5) is 5.82 Å². The number of aryl methyl sites for hydroxylation is 1. The second-order valence-corrected chi connectivity index (χ2v) is 8.92. The number of hydrogen-bond acceptors (Lipinski definition) is 7. The number of fused-ring (bicyclic) bond motifs is 1. The van der Waals surface area contributed by atoms with Crippen molar-refractivity contribution >= 4 is 28.3 Å². The molecule has 8 nitrogen and oxygen atoms in total. The number of nitrogen functional groups attached to an aromatic ring is 1. The Kier molecular flexibility index (Phi) is 6.05. The standard InChI is InChI=1S/C26H24ClN7O/c1-15(2)20-8-4-7-18(30-20)14-35-26-25(28)31-24(21-9-11-34(3)33-21)23(32-26)17-12-16-6-5-10-29-22(16)19(27)13-17/h4-13,15H,14H2,1-3H3,(H2,28,31). The highest BCUT2D eigenvalue weighted by Gasteiger charge is 2.20. The molecular weight excluding hydrogens is 462 g/mol. The zero-order valence-electron chi connectivity index (χ0n) is 19.6. The first-order valence-corrected chi connectivity index (χ1v) is 11.6. The summed E-state index contributed by atoms with van der Waals surface area (Å²) in [6.07, 6.45) is 3.55. The lowest BCUT2D eigenvalue weighted by Gasteiger charge is -2.14. The van der Waals surface area contributed by atoms with Gasteiger partial charge in [-0.1, -0.05) is 37.6 Å². The summed E-state index contributed by atoms with van der Waals surface area (Å²) in [6, 6.07) is 15.3. The summed E-state index contributed by atoms with van der Waals surface area (Å²) in [6.45, 7) is 4.41. The fourth-order valence-corrected chi connectivity index (χ4v) is 4.06. The first-order valence-electron chi connectivity index (χ1n) is 11.2. The van der Waals surface area contributed by atoms with Crippen LogP contribution in [-0.4, -0.2) is 29.7 Å². The van der Waals surface area contributed by atoms with Gasteiger partial charge >= 0.3 is 0 Å². The zero-order valence-corrected chi connectivity index (χ0v) is 20.4. The smallest absolute Gasteiger partial charge is 0.258 e. The Hall–Kier alpha value is -4.04. The number of hydrogen-bond donors (Lipinski definition) is 1. The highest BCUT2D eigenvalue weighted by molar-refractivity contribution is 6.35. The number of anilines is 1. The van der Waals surface area contributed by atoms with E-state index in [9.17, 15) is 0 Å². The van der Waals surface area contributed by atoms with Crippen LogP contribution in [0.5, 0.6) is 5.88 Å². The molecule has 0 aliphatic rings. The molecule has 0 radical (unpaired) electrons. The molecule has 0 fully saturated rings. The fraction of sp³-hybridized carbons (Fsp3) is 0.192. The molecule has 0 saturated heterocycles. The Morgan fingerprint density at radius 2 is 1.89 bits per heavy atom. The number of halogens is 1. The van der Waals surface area contributed by atoms with E-state index >= 15 is 0 Å². The minimum Gasteiger partial charge on any atom is -0.469 e. The first kappa shape index (κ1) is 22.7. The van der Waals surface area contributed by atoms with Gasteiger partial charge in [-0.25, -0.2) is 9.97 Å². The van der Waals surface area contributed by atoms with E-state index in [4.69, 9.17) is 27.1 Å². The third-order valence-electron chi connectivity index (χ3n) is 5.55. The molecule has 2 N–H and O–H groups in total. The molecule has 0 aliphatic heterocycles. The predicted molar refractivity (Wildman–Crippen MR) is 137 cm³/mol. The van der Waals surface area contributed by atoms with E-state index in [1.165, 1.54) is 0 Å². The maximum atomic E-state index is 6.57. The number of aromatic nitrogens is 6. The molecule has 1 aromatic carbocycles. The lowest BCUT2D eigenvalue weighted by atomic mass is 10.0. The van der Waals surface area contributed by atoms with Gasteiger partial charge in [-0.15, -0.1) is 0 Å². The van der Waals surface area contributed by atoms with E-state index in [0.717, 1.165) is 22.3 Å². The normalized spacial score (nSPS) is 11.3. The monoisotopic (exact) mass is 485 g/mol. The van der Waals surface area contributed by atoms with E-state index in [2.05, 4.69) is 33.9 Å². The molecule has 35 heavy (non-hydrogen) atoms. The van der Waals surface area contributed by atoms with Crippen molar-refractivity contribution < 1.29 is 4.74 Å². The van der Waals surface area contributed by atoms with E-state index in [0.29, 0.717) is 33.5 Å². The first-order chi connectivity index (χ1) is 16.9. The zero-order chi connectivity index (χ0) is 24.5. The molecule has 0 aliphatic carbocycles. The highest BCUT2D eigenvalue weighted by Crippen LogP contribution is 2.36. The van der Waals surface area contributed by atoms with Crippen LogP contribution < -0.4 is 10.5 Å². The molecule has 4 aromatic heterocycles. The van der Waals surface area contributed by atoms with E-state index in [-0.39, 0.29) is 18.3 Å². The Morgan fingerprint density at radius 1 is 1.03 bits per heavy atom. The summed E-state index contributed by atoms with van der Waals surface area (Å²) in [7, 11) is 1.84. The van der Waals surface area contributed by atoms with Crippen LogP contribution >= 0.6 is 11.6 Å². The Bertz CT molecular complexity index is 1530. The molecule has 5 aromatic rings. The molecule has 0 atom stereocenters. The summed E-state index contributed by atoms with van der Waals surface area (Å²) < 4.78 is 7.70. The summed E-state index contributed by atoms with van der Waals surface area (Å²) in [5.41, 5.74) is 11.3. The van der Waals surface area contributed by atoms with E-state index < -0.39 is 0 Å². The SMILES string of the molecule is CC(C)c1cccc(COc2nc(-c3cc(Cl)c4ncccc4c3)c(-c3ccn(C)n3)nc2N)n1. The van der Waals surface area contributed by atoms with Crippen LogP contribution in [0.25, 0.3) is 33.5 Å². The van der Waals surface area contributed by atoms with Crippen molar-refractivity contribution in [2.24, 2.45) is 7.05 Å². The van der Waals surface area contributed by atoms with Crippen LogP contribution in [0.1, 0.15) is 31.2 Å². The molecule has 0 saturated carbocycles. The number of ether oxygens (including phenoxy) is 1. The fourth-order valence-electron chi connectivity index (χ4n) is 3.79. The van der Waals surface area contributed by atoms with Crippen LogP contribution in [-0.2, 0) is 13.7 Å². The number of benzene rings is 1. The minimum atomic E-state index is 0.169. The van der Waals surface area contributed by atoms with Gasteiger partial charge in [-0.3, -0.25) is 14.6 Å². The molecule has 5 rings (SSSR count). The van der Waals surface area contributed by atoms with Gasteiger partial charge in [0.15, 0.2) is 5.82 Å². The van der Waals surface area contributed by atoms with Gasteiger partial charge in [-0.05, 0) is 42.3 Å². The molecule has 176 valence electrons. The van der Waals surface area contributed by atoms with Crippen molar-refractivity contribution in [3.63, 3.8) is 0 Å². The van der Waals surface area contributed by atoms with Gasteiger partial charge < -0.3 is 10.5 Å². The average molecular weight is 486 g/mol. The van der Waals surface area contributed by atoms with Crippen molar-refractivity contribution in [2.75, 3.05) is 5.73 Å². The van der Waals surface area contributed by atoms with Gasteiger partial charge in [0.2, 0.25) is 0 Å². The number of nitrogens with zero attached hydrogens (tertiary/aromatic N) is 6. The van der Waals surface area contributed by atoms with E-state index in [1.54, 1.807) is 10.9 Å². The van der Waals surface area contributed by atoms with Crippen LogP contribution in [0.3, 0.4) is 0 Å². The molecule has 0 unspecified atom stereocenters. The Balaban J connectivity index is 1.59. The largest absolute Gasteiger partial charge is 0.469 e. The van der Waals surface area contributed by atoms with Crippen molar-refractivity contribution in [2.45, 2.75) is 26.4 Å². The summed E-state index contributed by atoms with van der Waals surface area (Å²) in [5, 5.41) is 5.91. The highest BCUT2D eigenvalue weighted by atomic mass is 35.5. The lowest BCUT2D eigenvalue weighted by molar-refractivity contribution is 0.290. The van der Waals surface area contributed by atoms with Crippen molar-refractivity contribution in [1.82, 2.24) is 29.7 Å². The van der Waals surface area contributed by atoms with Crippen molar-refractivity contribution in [3.05, 3.63) is 77.3 Å². The topological polar surface area (TPSA) is 105 Å². The number of pyridine rings is 2. The molecule has 0 amide bonds. The quantitative estimate of drug-likeness (QED) is 0.342. The predicted octanol–water partition coefficient (Wildman–Crippen LogP) is 5.43. The summed E-state index contributed by atoms with van der Waals surface area (Å²) >= 11 is 6.57. The van der Waals surface area contributed by atoms with Gasteiger partial charge in [0, 0.05) is 36.1 Å². The summed E-state index contributed by atoms with van der Waals surface area (Å²) in [4.78, 5) is 18.5. The number of nitrogens with two attached hydrogens (primary N) is 1. The van der Waals surface area contributed by atoms with Crippen LogP contribution in [0.2, 0.25) is 5.02 Å². The maximum Gasteiger partial charge on any atom is 0.258 e. The lowest BCUT2D eigenvalue weighted by Crippen LogP contribution is -2.07. The molecular formula is C26H24ClN7O. The maximum absolute atomic E-state index is 6.57. The van der Waals surface area contributed by atoms with Crippen molar-refractivity contribution in [3.8, 4) is 28.5 Å². The second kappa shape index (κ2) is 9.31. The minimum absolute atomic E-state index is 0.169. The van der Waals surface area contributed by atoms with Gasteiger partial charge in [-0.2, -0.15) is 5.10 Å². The van der Waals surface area contributed by atoms with E-state index in [1.807, 2.05) is 61.8 Å².